The lowest BCUT2D eigenvalue weighted by Crippen LogP contribution is -2.56. The van der Waals surface area contributed by atoms with Crippen LogP contribution in [0.4, 0.5) is 0 Å². The van der Waals surface area contributed by atoms with Crippen molar-refractivity contribution >= 4 is 17.2 Å². The number of amides is 1. The predicted octanol–water partition coefficient (Wildman–Crippen LogP) is 3.35. The summed E-state index contributed by atoms with van der Waals surface area (Å²) >= 11 is 1.49. The molecular formula is C21H24N4O2S. The van der Waals surface area contributed by atoms with Crippen molar-refractivity contribution in [1.82, 2.24) is 20.0 Å². The first-order valence-electron chi connectivity index (χ1n) is 9.82. The largest absolute Gasteiger partial charge is 0.463 e. The van der Waals surface area contributed by atoms with E-state index in [0.29, 0.717) is 17.9 Å². The van der Waals surface area contributed by atoms with E-state index in [0.717, 1.165) is 42.4 Å². The number of hydrogen-bond acceptors (Lipinski definition) is 5. The number of hydrogen-bond donors (Lipinski definition) is 1. The first-order valence-corrected chi connectivity index (χ1v) is 10.7. The van der Waals surface area contributed by atoms with Crippen molar-refractivity contribution in [3.8, 4) is 11.5 Å². The SMILES string of the molecule is Cn1nc(-c2ccco2)cc1C1CN2CCC1CC2CNC(=O)c1cccs1. The molecule has 1 amide bonds. The van der Waals surface area contributed by atoms with Crippen LogP contribution in [0.15, 0.2) is 46.4 Å². The third-order valence-corrected chi connectivity index (χ3v) is 7.06. The van der Waals surface area contributed by atoms with Gasteiger partial charge in [-0.1, -0.05) is 6.07 Å². The highest BCUT2D eigenvalue weighted by Crippen LogP contribution is 2.42. The Balaban J connectivity index is 1.27. The summed E-state index contributed by atoms with van der Waals surface area (Å²) < 4.78 is 7.53. The molecule has 3 aromatic heterocycles. The van der Waals surface area contributed by atoms with Gasteiger partial charge in [0.25, 0.3) is 5.91 Å². The molecule has 6 nitrogen and oxygen atoms in total. The maximum atomic E-state index is 12.3. The number of carbonyl (C=O) groups excluding carboxylic acids is 1. The van der Waals surface area contributed by atoms with Crippen LogP contribution in [0.2, 0.25) is 0 Å². The molecule has 0 aromatic carbocycles. The quantitative estimate of drug-likeness (QED) is 0.718. The first kappa shape index (κ1) is 17.7. The molecule has 0 aliphatic carbocycles. The van der Waals surface area contributed by atoms with Crippen LogP contribution in [0, 0.1) is 5.92 Å². The van der Waals surface area contributed by atoms with E-state index in [9.17, 15) is 4.79 Å². The zero-order chi connectivity index (χ0) is 19.1. The smallest absolute Gasteiger partial charge is 0.261 e. The minimum atomic E-state index is 0.0453. The number of aromatic nitrogens is 2. The average Bonchev–Trinajstić information content (AvgIpc) is 3.47. The summed E-state index contributed by atoms with van der Waals surface area (Å²) in [6, 6.07) is 10.3. The van der Waals surface area contributed by atoms with Gasteiger partial charge in [-0.2, -0.15) is 5.10 Å². The molecule has 4 unspecified atom stereocenters. The normalized spacial score (nSPS) is 26.5. The van der Waals surface area contributed by atoms with Gasteiger partial charge in [-0.15, -0.1) is 11.3 Å². The van der Waals surface area contributed by atoms with Crippen molar-refractivity contribution in [2.24, 2.45) is 13.0 Å². The van der Waals surface area contributed by atoms with Crippen molar-refractivity contribution in [2.45, 2.75) is 24.8 Å². The molecule has 3 saturated heterocycles. The zero-order valence-corrected chi connectivity index (χ0v) is 16.7. The third kappa shape index (κ3) is 3.18. The van der Waals surface area contributed by atoms with Gasteiger partial charge in [0, 0.05) is 37.8 Å². The van der Waals surface area contributed by atoms with Crippen LogP contribution in [0.25, 0.3) is 11.5 Å². The summed E-state index contributed by atoms with van der Waals surface area (Å²) in [5.74, 6) is 1.98. The highest BCUT2D eigenvalue weighted by atomic mass is 32.1. The Bertz CT molecular complexity index is 947. The summed E-state index contributed by atoms with van der Waals surface area (Å²) in [7, 11) is 2.03. The van der Waals surface area contributed by atoms with Crippen molar-refractivity contribution in [3.63, 3.8) is 0 Å². The predicted molar refractivity (Wildman–Crippen MR) is 108 cm³/mol. The van der Waals surface area contributed by atoms with E-state index in [4.69, 9.17) is 4.42 Å². The third-order valence-electron chi connectivity index (χ3n) is 6.19. The van der Waals surface area contributed by atoms with Crippen LogP contribution in [0.1, 0.15) is 34.1 Å². The molecule has 28 heavy (non-hydrogen) atoms. The van der Waals surface area contributed by atoms with Crippen molar-refractivity contribution < 1.29 is 9.21 Å². The number of nitrogens with zero attached hydrogens (tertiary/aromatic N) is 3. The second-order valence-corrected chi connectivity index (χ2v) is 8.73. The molecule has 6 rings (SSSR count). The van der Waals surface area contributed by atoms with E-state index in [2.05, 4.69) is 21.4 Å². The number of rotatable bonds is 5. The molecule has 146 valence electrons. The number of nitrogens with one attached hydrogen (secondary N) is 1. The minimum Gasteiger partial charge on any atom is -0.463 e. The molecule has 7 heteroatoms. The van der Waals surface area contributed by atoms with E-state index in [1.54, 1.807) is 6.26 Å². The van der Waals surface area contributed by atoms with E-state index < -0.39 is 0 Å². The van der Waals surface area contributed by atoms with Gasteiger partial charge in [0.15, 0.2) is 5.76 Å². The van der Waals surface area contributed by atoms with Gasteiger partial charge in [0.1, 0.15) is 5.69 Å². The molecule has 3 fully saturated rings. The number of carbonyl (C=O) groups is 1. The molecular weight excluding hydrogens is 372 g/mol. The zero-order valence-electron chi connectivity index (χ0n) is 15.9. The Morgan fingerprint density at radius 3 is 3.04 bits per heavy atom. The van der Waals surface area contributed by atoms with Crippen LogP contribution in [-0.4, -0.2) is 46.3 Å². The second kappa shape index (κ2) is 7.22. The van der Waals surface area contributed by atoms with Crippen molar-refractivity contribution in [2.75, 3.05) is 19.6 Å². The molecule has 0 saturated carbocycles. The number of aryl methyl sites for hydroxylation is 1. The topological polar surface area (TPSA) is 63.3 Å². The lowest BCUT2D eigenvalue weighted by atomic mass is 9.74. The Labute approximate surface area is 168 Å². The molecule has 2 bridgehead atoms. The number of thiophene rings is 1. The molecule has 3 aliphatic heterocycles. The summed E-state index contributed by atoms with van der Waals surface area (Å²) in [4.78, 5) is 15.6. The fraction of sp³-hybridized carbons (Fsp3) is 0.429. The Morgan fingerprint density at radius 2 is 2.32 bits per heavy atom. The lowest BCUT2D eigenvalue weighted by Gasteiger charge is -2.49. The van der Waals surface area contributed by atoms with Crippen LogP contribution >= 0.6 is 11.3 Å². The molecule has 1 N–H and O–H groups in total. The van der Waals surface area contributed by atoms with Gasteiger partial charge in [-0.05, 0) is 54.9 Å². The van der Waals surface area contributed by atoms with Gasteiger partial charge in [-0.3, -0.25) is 14.4 Å². The van der Waals surface area contributed by atoms with Crippen LogP contribution < -0.4 is 5.32 Å². The summed E-state index contributed by atoms with van der Waals surface area (Å²) in [6.07, 6.45) is 4.02. The first-order chi connectivity index (χ1) is 13.7. The van der Waals surface area contributed by atoms with Gasteiger partial charge >= 0.3 is 0 Å². The number of piperidine rings is 3. The summed E-state index contributed by atoms with van der Waals surface area (Å²) in [6.45, 7) is 2.87. The standard InChI is InChI=1S/C21H24N4O2S/c1-24-18(11-17(23-24)19-4-2-8-27-19)16-13-25-7-6-14(16)10-15(25)12-22-21(26)20-5-3-9-28-20/h2-5,8-9,11,14-16H,6-7,10,12-13H2,1H3,(H,22,26). The maximum absolute atomic E-state index is 12.3. The fourth-order valence-electron chi connectivity index (χ4n) is 4.76. The molecule has 6 heterocycles. The fourth-order valence-corrected chi connectivity index (χ4v) is 5.40. The van der Waals surface area contributed by atoms with E-state index in [1.165, 1.54) is 23.5 Å². The molecule has 3 aromatic rings. The number of furan rings is 1. The van der Waals surface area contributed by atoms with Gasteiger partial charge in [-0.25, -0.2) is 0 Å². The van der Waals surface area contributed by atoms with Crippen LogP contribution in [0.5, 0.6) is 0 Å². The van der Waals surface area contributed by atoms with Gasteiger partial charge in [0.2, 0.25) is 0 Å². The molecule has 0 spiro atoms. The van der Waals surface area contributed by atoms with Crippen molar-refractivity contribution in [3.05, 3.63) is 52.5 Å². The van der Waals surface area contributed by atoms with E-state index in [1.807, 2.05) is 41.4 Å². The molecule has 0 radical (unpaired) electrons. The Morgan fingerprint density at radius 1 is 1.39 bits per heavy atom. The van der Waals surface area contributed by atoms with Gasteiger partial charge in [0.05, 0.1) is 11.1 Å². The maximum Gasteiger partial charge on any atom is 0.261 e. The monoisotopic (exact) mass is 396 g/mol. The van der Waals surface area contributed by atoms with E-state index in [-0.39, 0.29) is 5.91 Å². The Kier molecular flexibility index (Phi) is 4.56. The van der Waals surface area contributed by atoms with Gasteiger partial charge < -0.3 is 9.73 Å². The van der Waals surface area contributed by atoms with E-state index >= 15 is 0 Å². The second-order valence-electron chi connectivity index (χ2n) is 7.78. The molecule has 3 aliphatic rings. The summed E-state index contributed by atoms with van der Waals surface area (Å²) in [5, 5.41) is 9.74. The summed E-state index contributed by atoms with van der Waals surface area (Å²) in [5.41, 5.74) is 2.18. The minimum absolute atomic E-state index is 0.0453. The van der Waals surface area contributed by atoms with Crippen LogP contribution in [-0.2, 0) is 7.05 Å². The van der Waals surface area contributed by atoms with Crippen molar-refractivity contribution in [1.29, 1.82) is 0 Å². The highest BCUT2D eigenvalue weighted by Gasteiger charge is 2.41. The van der Waals surface area contributed by atoms with Crippen LogP contribution in [0.3, 0.4) is 0 Å². The lowest BCUT2D eigenvalue weighted by molar-refractivity contribution is 0.0280. The Hall–Kier alpha value is -2.38. The average molecular weight is 397 g/mol. The number of fused-ring (bicyclic) bond motifs is 3. The highest BCUT2D eigenvalue weighted by molar-refractivity contribution is 7.12. The molecule has 4 atom stereocenters.